The number of benzene rings is 1. The number of halogens is 4. The minimum Gasteiger partial charge on any atom is -0.501 e. The van der Waals surface area contributed by atoms with Crippen molar-refractivity contribution in [3.63, 3.8) is 0 Å². The first-order chi connectivity index (χ1) is 17.0. The number of nitrogens with zero attached hydrogens (tertiary/aromatic N) is 5. The Morgan fingerprint density at radius 2 is 1.97 bits per heavy atom. The molecule has 0 radical (unpaired) electrons. The zero-order valence-electron chi connectivity index (χ0n) is 18.7. The average molecular weight is 523 g/mol. The number of aromatic nitrogens is 5. The molecular weight excluding hydrogens is 505 g/mol. The molecule has 0 aliphatic heterocycles. The van der Waals surface area contributed by atoms with E-state index in [2.05, 4.69) is 25.1 Å². The van der Waals surface area contributed by atoms with Gasteiger partial charge in [0.2, 0.25) is 5.75 Å². The summed E-state index contributed by atoms with van der Waals surface area (Å²) in [5.74, 6) is -2.70. The Balaban J connectivity index is 1.85. The zero-order valence-corrected chi connectivity index (χ0v) is 19.4. The van der Waals surface area contributed by atoms with Gasteiger partial charge in [0.1, 0.15) is 17.8 Å². The van der Waals surface area contributed by atoms with E-state index in [-0.39, 0.29) is 16.5 Å². The Bertz CT molecular complexity index is 1470. The van der Waals surface area contributed by atoms with Crippen molar-refractivity contribution in [2.45, 2.75) is 25.1 Å². The minimum absolute atomic E-state index is 0.0118. The van der Waals surface area contributed by atoms with Crippen molar-refractivity contribution in [2.24, 2.45) is 7.05 Å². The summed E-state index contributed by atoms with van der Waals surface area (Å²) in [6, 6.07) is 5.50. The van der Waals surface area contributed by atoms with Crippen LogP contribution < -0.4 is 10.9 Å². The molecule has 0 spiro atoms. The van der Waals surface area contributed by atoms with Crippen LogP contribution in [0.25, 0.3) is 0 Å². The molecule has 0 fully saturated rings. The lowest BCUT2D eigenvalue weighted by Gasteiger charge is -2.27. The highest BCUT2D eigenvalue weighted by Crippen LogP contribution is 2.38. The summed E-state index contributed by atoms with van der Waals surface area (Å²) < 4.78 is 46.6. The van der Waals surface area contributed by atoms with E-state index in [1.807, 2.05) is 0 Å². The molecule has 1 aromatic carbocycles. The Labute approximate surface area is 205 Å². The second-order valence-corrected chi connectivity index (χ2v) is 8.27. The average Bonchev–Trinajstić information content (AvgIpc) is 3.51. The van der Waals surface area contributed by atoms with Gasteiger partial charge < -0.3 is 14.9 Å². The first kappa shape index (κ1) is 25.0. The Kier molecular flexibility index (Phi) is 6.59. The monoisotopic (exact) mass is 522 g/mol. The number of aromatic hydroxyl groups is 1. The van der Waals surface area contributed by atoms with Gasteiger partial charge in [-0.15, -0.1) is 0 Å². The fraction of sp³-hybridized carbons (Fsp3) is 0.227. The van der Waals surface area contributed by atoms with Gasteiger partial charge in [-0.05, 0) is 11.6 Å². The van der Waals surface area contributed by atoms with Crippen LogP contribution >= 0.6 is 11.6 Å². The summed E-state index contributed by atoms with van der Waals surface area (Å²) in [6.07, 6.45) is -0.810. The summed E-state index contributed by atoms with van der Waals surface area (Å²) >= 11 is 6.38. The highest BCUT2D eigenvalue weighted by molar-refractivity contribution is 6.31. The van der Waals surface area contributed by atoms with Crippen LogP contribution in [0.5, 0.6) is 5.75 Å². The van der Waals surface area contributed by atoms with Crippen molar-refractivity contribution in [1.29, 1.82) is 0 Å². The number of nitrogens with one attached hydrogen (secondary N) is 1. The molecule has 0 aliphatic carbocycles. The van der Waals surface area contributed by atoms with Crippen LogP contribution in [-0.2, 0) is 13.2 Å². The fourth-order valence-corrected chi connectivity index (χ4v) is 4.01. The maximum Gasteiger partial charge on any atom is 0.419 e. The summed E-state index contributed by atoms with van der Waals surface area (Å²) in [7, 11) is 1.32. The first-order valence-electron chi connectivity index (χ1n) is 10.4. The summed E-state index contributed by atoms with van der Waals surface area (Å²) in [5, 5.41) is 20.3. The maximum absolute atomic E-state index is 13.3. The van der Waals surface area contributed by atoms with E-state index in [1.165, 1.54) is 13.2 Å². The van der Waals surface area contributed by atoms with Gasteiger partial charge >= 0.3 is 6.18 Å². The topological polar surface area (TPSA) is 128 Å². The normalized spacial score (nSPS) is 13.4. The van der Waals surface area contributed by atoms with Crippen molar-refractivity contribution in [3.8, 4) is 5.75 Å². The third-order valence-electron chi connectivity index (χ3n) is 5.53. The van der Waals surface area contributed by atoms with Crippen molar-refractivity contribution in [2.75, 3.05) is 5.32 Å². The Morgan fingerprint density at radius 3 is 2.58 bits per heavy atom. The van der Waals surface area contributed by atoms with Crippen LogP contribution in [0.1, 0.15) is 46.3 Å². The number of carbonyl (C=O) groups excluding carboxylic acids is 1. The highest BCUT2D eigenvalue weighted by Gasteiger charge is 2.35. The molecule has 0 aliphatic rings. The van der Waals surface area contributed by atoms with E-state index in [1.54, 1.807) is 31.2 Å². The lowest BCUT2D eigenvalue weighted by atomic mass is 9.93. The number of carbonyl (C=O) groups is 1. The summed E-state index contributed by atoms with van der Waals surface area (Å²) in [4.78, 5) is 29.7. The number of hydrogen-bond donors (Lipinski definition) is 2. The molecule has 4 aromatic rings. The van der Waals surface area contributed by atoms with Crippen molar-refractivity contribution in [3.05, 3.63) is 87.1 Å². The Hall–Kier alpha value is -4.13. The molecular formula is C22H18ClF3N6O4. The lowest BCUT2D eigenvalue weighted by molar-refractivity contribution is -0.137. The molecule has 0 saturated carbocycles. The lowest BCUT2D eigenvalue weighted by Crippen LogP contribution is -2.30. The third-order valence-corrected chi connectivity index (χ3v) is 5.87. The van der Waals surface area contributed by atoms with E-state index in [4.69, 9.17) is 11.6 Å². The van der Waals surface area contributed by atoms with Crippen LogP contribution in [0.4, 0.5) is 18.9 Å². The standard InChI is InChI=1S/C22H18ClF3N6O4/c1-11(17(14-5-3-4-6-15(14)23)32-9-12(7-27-32)22(24,25)26)19-30-16(18(33)21(35)31(19)2)20(34)29-13-8-28-36-10-13/h3-11,17,33H,1-2H3,(H,29,34). The molecule has 2 unspecified atom stereocenters. The second kappa shape index (κ2) is 9.49. The quantitative estimate of drug-likeness (QED) is 0.392. The molecule has 188 valence electrons. The first-order valence-corrected chi connectivity index (χ1v) is 10.7. The van der Waals surface area contributed by atoms with Gasteiger partial charge in [0, 0.05) is 24.2 Å². The van der Waals surface area contributed by atoms with Gasteiger partial charge in [-0.25, -0.2) is 4.98 Å². The van der Waals surface area contributed by atoms with E-state index < -0.39 is 46.6 Å². The van der Waals surface area contributed by atoms with Crippen LogP contribution in [0.3, 0.4) is 0 Å². The molecule has 3 heterocycles. The molecule has 10 nitrogen and oxygen atoms in total. The van der Waals surface area contributed by atoms with Gasteiger partial charge in [-0.1, -0.05) is 41.9 Å². The van der Waals surface area contributed by atoms with E-state index in [0.29, 0.717) is 11.8 Å². The van der Waals surface area contributed by atoms with Crippen LogP contribution in [-0.4, -0.2) is 35.5 Å². The van der Waals surface area contributed by atoms with Crippen LogP contribution in [0.2, 0.25) is 5.02 Å². The number of rotatable bonds is 6. The SMILES string of the molecule is CC(c1nc(C(=O)Nc2cnoc2)c(O)c(=O)n1C)C(c1ccccc1Cl)n1cc(C(F)(F)F)cn1. The molecule has 1 amide bonds. The molecule has 0 bridgehead atoms. The largest absolute Gasteiger partial charge is 0.501 e. The third kappa shape index (κ3) is 4.69. The van der Waals surface area contributed by atoms with Gasteiger partial charge in [0.15, 0.2) is 5.69 Å². The predicted molar refractivity (Wildman–Crippen MR) is 121 cm³/mol. The predicted octanol–water partition coefficient (Wildman–Crippen LogP) is 3.99. The smallest absolute Gasteiger partial charge is 0.419 e. The van der Waals surface area contributed by atoms with Crippen LogP contribution in [0, 0.1) is 0 Å². The van der Waals surface area contributed by atoms with E-state index in [9.17, 15) is 27.9 Å². The number of anilines is 1. The highest BCUT2D eigenvalue weighted by atomic mass is 35.5. The fourth-order valence-electron chi connectivity index (χ4n) is 3.76. The van der Waals surface area contributed by atoms with Gasteiger partial charge in [0.05, 0.1) is 24.0 Å². The van der Waals surface area contributed by atoms with Crippen molar-refractivity contribution < 1.29 is 27.6 Å². The zero-order chi connectivity index (χ0) is 26.2. The molecule has 3 aromatic heterocycles. The molecule has 36 heavy (non-hydrogen) atoms. The number of hydrogen-bond acceptors (Lipinski definition) is 7. The molecule has 14 heteroatoms. The molecule has 2 atom stereocenters. The van der Waals surface area contributed by atoms with Gasteiger partial charge in [0.25, 0.3) is 11.5 Å². The van der Waals surface area contributed by atoms with Gasteiger partial charge in [-0.3, -0.25) is 18.8 Å². The van der Waals surface area contributed by atoms with Gasteiger partial charge in [-0.2, -0.15) is 18.3 Å². The van der Waals surface area contributed by atoms with Crippen LogP contribution in [0.15, 0.2) is 58.4 Å². The van der Waals surface area contributed by atoms with E-state index >= 15 is 0 Å². The van der Waals surface area contributed by atoms with Crippen molar-refractivity contribution >= 4 is 23.2 Å². The minimum atomic E-state index is -4.64. The molecule has 4 rings (SSSR count). The molecule has 0 saturated heterocycles. The number of alkyl halides is 3. The van der Waals surface area contributed by atoms with E-state index in [0.717, 1.165) is 21.7 Å². The summed E-state index contributed by atoms with van der Waals surface area (Å²) in [6.45, 7) is 1.59. The second-order valence-electron chi connectivity index (χ2n) is 7.86. The maximum atomic E-state index is 13.3. The summed E-state index contributed by atoms with van der Waals surface area (Å²) in [5.41, 5.74) is -1.94. The molecule has 2 N–H and O–H groups in total. The van der Waals surface area contributed by atoms with Crippen molar-refractivity contribution in [1.82, 2.24) is 24.5 Å². The number of amides is 1. The Morgan fingerprint density at radius 1 is 1.25 bits per heavy atom.